The highest BCUT2D eigenvalue weighted by Gasteiger charge is 2.27. The van der Waals surface area contributed by atoms with Crippen molar-refractivity contribution < 1.29 is 5.11 Å². The molecule has 0 bridgehead atoms. The van der Waals surface area contributed by atoms with Crippen LogP contribution in [0.1, 0.15) is 44.4 Å². The summed E-state index contributed by atoms with van der Waals surface area (Å²) in [5.74, 6) is 2.18. The third-order valence-corrected chi connectivity index (χ3v) is 5.00. The number of hydrogen-bond donors (Lipinski definition) is 1. The Morgan fingerprint density at radius 1 is 1.29 bits per heavy atom. The topological polar surface area (TPSA) is 33.1 Å². The van der Waals surface area contributed by atoms with E-state index < -0.39 is 0 Å². The largest absolute Gasteiger partial charge is 0.392 e. The van der Waals surface area contributed by atoms with E-state index in [-0.39, 0.29) is 6.10 Å². The molecule has 2 rings (SSSR count). The van der Waals surface area contributed by atoms with Crippen LogP contribution in [0.2, 0.25) is 0 Å². The lowest BCUT2D eigenvalue weighted by molar-refractivity contribution is 0.0680. The molecule has 1 atom stereocenters. The normalized spacial score (nSPS) is 27.3. The van der Waals surface area contributed by atoms with Crippen molar-refractivity contribution >= 4 is 11.3 Å². The van der Waals surface area contributed by atoms with Crippen LogP contribution in [0, 0.1) is 17.8 Å². The van der Waals surface area contributed by atoms with Gasteiger partial charge in [0.2, 0.25) is 0 Å². The summed E-state index contributed by atoms with van der Waals surface area (Å²) in [6.45, 7) is 4.64. The summed E-state index contributed by atoms with van der Waals surface area (Å²) in [4.78, 5) is 5.27. The standard InChI is InChI=1S/C14H23NOS/c1-10(2)11-3-5-12(6-4-11)14(16)7-13-8-15-9-17-13/h8-12,14,16H,3-7H2,1-2H3. The van der Waals surface area contributed by atoms with Crippen molar-refractivity contribution in [2.75, 3.05) is 0 Å². The van der Waals surface area contributed by atoms with Gasteiger partial charge in [-0.05, 0) is 43.4 Å². The molecule has 2 nitrogen and oxygen atoms in total. The van der Waals surface area contributed by atoms with Crippen molar-refractivity contribution in [3.8, 4) is 0 Å². The van der Waals surface area contributed by atoms with Crippen molar-refractivity contribution in [3.05, 3.63) is 16.6 Å². The van der Waals surface area contributed by atoms with E-state index in [1.165, 1.54) is 30.6 Å². The number of rotatable bonds is 4. The van der Waals surface area contributed by atoms with Gasteiger partial charge in [0.1, 0.15) is 0 Å². The van der Waals surface area contributed by atoms with Crippen LogP contribution in [0.3, 0.4) is 0 Å². The summed E-state index contributed by atoms with van der Waals surface area (Å²) in [6.07, 6.45) is 7.49. The molecule has 0 amide bonds. The number of aliphatic hydroxyl groups is 1. The van der Waals surface area contributed by atoms with Crippen LogP contribution < -0.4 is 0 Å². The highest BCUT2D eigenvalue weighted by molar-refractivity contribution is 7.09. The predicted molar refractivity (Wildman–Crippen MR) is 72.1 cm³/mol. The first kappa shape index (κ1) is 13.0. The van der Waals surface area contributed by atoms with Crippen molar-refractivity contribution in [1.29, 1.82) is 0 Å². The van der Waals surface area contributed by atoms with Crippen molar-refractivity contribution in [2.24, 2.45) is 17.8 Å². The third kappa shape index (κ3) is 3.52. The minimum atomic E-state index is -0.163. The van der Waals surface area contributed by atoms with E-state index in [4.69, 9.17) is 0 Å². The van der Waals surface area contributed by atoms with Gasteiger partial charge in [-0.2, -0.15) is 0 Å². The molecule has 1 heterocycles. The molecule has 96 valence electrons. The predicted octanol–water partition coefficient (Wildman–Crippen LogP) is 3.51. The fourth-order valence-corrected chi connectivity index (χ4v) is 3.56. The number of aliphatic hydroxyl groups excluding tert-OH is 1. The smallest absolute Gasteiger partial charge is 0.0794 e. The number of hydrogen-bond acceptors (Lipinski definition) is 3. The molecule has 3 heteroatoms. The molecule has 1 aromatic rings. The van der Waals surface area contributed by atoms with Crippen LogP contribution >= 0.6 is 11.3 Å². The zero-order chi connectivity index (χ0) is 12.3. The first-order chi connectivity index (χ1) is 8.16. The summed E-state index contributed by atoms with van der Waals surface area (Å²) in [6, 6.07) is 0. The zero-order valence-corrected chi connectivity index (χ0v) is 11.6. The Morgan fingerprint density at radius 2 is 1.94 bits per heavy atom. The number of nitrogens with zero attached hydrogens (tertiary/aromatic N) is 1. The van der Waals surface area contributed by atoms with Crippen molar-refractivity contribution in [1.82, 2.24) is 4.98 Å². The highest BCUT2D eigenvalue weighted by atomic mass is 32.1. The molecule has 1 aromatic heterocycles. The van der Waals surface area contributed by atoms with Gasteiger partial charge in [0.05, 0.1) is 11.6 Å². The Labute approximate surface area is 108 Å². The fraction of sp³-hybridized carbons (Fsp3) is 0.786. The molecule has 1 fully saturated rings. The van der Waals surface area contributed by atoms with Crippen LogP contribution in [0.5, 0.6) is 0 Å². The summed E-state index contributed by atoms with van der Waals surface area (Å²) < 4.78 is 0. The molecule has 0 aromatic carbocycles. The molecule has 0 saturated heterocycles. The van der Waals surface area contributed by atoms with Gasteiger partial charge < -0.3 is 5.11 Å². The van der Waals surface area contributed by atoms with Gasteiger partial charge in [-0.25, -0.2) is 0 Å². The van der Waals surface area contributed by atoms with Gasteiger partial charge in [0.15, 0.2) is 0 Å². The van der Waals surface area contributed by atoms with E-state index >= 15 is 0 Å². The minimum Gasteiger partial charge on any atom is -0.392 e. The van der Waals surface area contributed by atoms with Gasteiger partial charge in [0, 0.05) is 17.5 Å². The van der Waals surface area contributed by atoms with E-state index in [9.17, 15) is 5.11 Å². The second-order valence-corrected chi connectivity index (χ2v) is 6.63. The Bertz CT molecular complexity index is 315. The molecular weight excluding hydrogens is 230 g/mol. The molecule has 1 unspecified atom stereocenters. The van der Waals surface area contributed by atoms with E-state index in [2.05, 4.69) is 18.8 Å². The lowest BCUT2D eigenvalue weighted by atomic mass is 9.75. The molecular formula is C14H23NOS. The van der Waals surface area contributed by atoms with Gasteiger partial charge >= 0.3 is 0 Å². The molecule has 0 radical (unpaired) electrons. The number of aromatic nitrogens is 1. The molecule has 1 saturated carbocycles. The Balaban J connectivity index is 1.80. The molecule has 1 aliphatic carbocycles. The highest BCUT2D eigenvalue weighted by Crippen LogP contribution is 2.35. The van der Waals surface area contributed by atoms with E-state index in [0.717, 1.165) is 18.3 Å². The maximum absolute atomic E-state index is 10.2. The summed E-state index contributed by atoms with van der Waals surface area (Å²) in [7, 11) is 0. The fourth-order valence-electron chi connectivity index (χ4n) is 2.91. The maximum atomic E-state index is 10.2. The molecule has 0 spiro atoms. The Morgan fingerprint density at radius 3 is 2.47 bits per heavy atom. The van der Waals surface area contributed by atoms with Gasteiger partial charge in [-0.3, -0.25) is 4.98 Å². The SMILES string of the molecule is CC(C)C1CCC(C(O)Cc2cncs2)CC1. The lowest BCUT2D eigenvalue weighted by Crippen LogP contribution is -2.28. The zero-order valence-electron chi connectivity index (χ0n) is 10.8. The van der Waals surface area contributed by atoms with Gasteiger partial charge in [-0.15, -0.1) is 11.3 Å². The van der Waals surface area contributed by atoms with Crippen LogP contribution in [-0.2, 0) is 6.42 Å². The van der Waals surface area contributed by atoms with Crippen molar-refractivity contribution in [3.63, 3.8) is 0 Å². The van der Waals surface area contributed by atoms with Crippen LogP contribution in [-0.4, -0.2) is 16.2 Å². The average Bonchev–Trinajstić information content (AvgIpc) is 2.82. The first-order valence-electron chi connectivity index (χ1n) is 6.72. The molecule has 17 heavy (non-hydrogen) atoms. The van der Waals surface area contributed by atoms with E-state index in [0.29, 0.717) is 5.92 Å². The van der Waals surface area contributed by atoms with Gasteiger partial charge in [-0.1, -0.05) is 13.8 Å². The maximum Gasteiger partial charge on any atom is 0.0794 e. The van der Waals surface area contributed by atoms with Crippen LogP contribution in [0.15, 0.2) is 11.7 Å². The minimum absolute atomic E-state index is 0.163. The van der Waals surface area contributed by atoms with Gasteiger partial charge in [0.25, 0.3) is 0 Å². The Kier molecular flexibility index (Phi) is 4.57. The molecule has 1 aliphatic rings. The molecule has 0 aliphatic heterocycles. The van der Waals surface area contributed by atoms with Crippen LogP contribution in [0.4, 0.5) is 0 Å². The molecule has 1 N–H and O–H groups in total. The van der Waals surface area contributed by atoms with E-state index in [1.54, 1.807) is 11.3 Å². The summed E-state index contributed by atoms with van der Waals surface area (Å²) >= 11 is 1.65. The average molecular weight is 253 g/mol. The quantitative estimate of drug-likeness (QED) is 0.890. The lowest BCUT2D eigenvalue weighted by Gasteiger charge is -2.33. The second kappa shape index (κ2) is 5.96. The summed E-state index contributed by atoms with van der Waals surface area (Å²) in [5, 5.41) is 10.2. The van der Waals surface area contributed by atoms with Crippen LogP contribution in [0.25, 0.3) is 0 Å². The second-order valence-electron chi connectivity index (χ2n) is 5.66. The Hall–Kier alpha value is -0.410. The monoisotopic (exact) mass is 253 g/mol. The third-order valence-electron chi connectivity index (χ3n) is 4.20. The first-order valence-corrected chi connectivity index (χ1v) is 7.60. The number of thiazole rings is 1. The van der Waals surface area contributed by atoms with Crippen molar-refractivity contribution in [2.45, 2.75) is 52.1 Å². The summed E-state index contributed by atoms with van der Waals surface area (Å²) in [5.41, 5.74) is 1.84. The van der Waals surface area contributed by atoms with E-state index in [1.807, 2.05) is 11.7 Å².